The van der Waals surface area contributed by atoms with Crippen LogP contribution in [0.15, 0.2) is 24.5 Å². The van der Waals surface area contributed by atoms with Gasteiger partial charge in [-0.15, -0.1) is 0 Å². The number of hydrogen-bond acceptors (Lipinski definition) is 2. The number of aromatic nitrogens is 3. The summed E-state index contributed by atoms with van der Waals surface area (Å²) in [5.74, 6) is 0. The molecular formula is C17H28N4. The molecule has 0 spiro atoms. The van der Waals surface area contributed by atoms with Gasteiger partial charge in [0, 0.05) is 25.0 Å². The molecule has 2 aromatic heterocycles. The fraction of sp³-hybridized carbons (Fsp3) is 0.588. The molecule has 0 amide bonds. The normalized spacial score (nSPS) is 12.8. The van der Waals surface area contributed by atoms with Crippen LogP contribution in [0.25, 0.3) is 0 Å². The average Bonchev–Trinajstić information content (AvgIpc) is 3.05. The Kier molecular flexibility index (Phi) is 5.62. The Balaban J connectivity index is 2.11. The number of rotatable bonds is 8. The number of aryl methyl sites for hydroxylation is 2. The smallest absolute Gasteiger partial charge is 0.0639 e. The summed E-state index contributed by atoms with van der Waals surface area (Å²) in [7, 11) is 0. The lowest BCUT2D eigenvalue weighted by Crippen LogP contribution is -2.20. The van der Waals surface area contributed by atoms with Crippen LogP contribution in [0.5, 0.6) is 0 Å². The first-order valence-electron chi connectivity index (χ1n) is 8.10. The van der Waals surface area contributed by atoms with Crippen molar-refractivity contribution in [3.63, 3.8) is 0 Å². The Morgan fingerprint density at radius 3 is 2.76 bits per heavy atom. The van der Waals surface area contributed by atoms with E-state index in [0.29, 0.717) is 6.04 Å². The molecule has 1 N–H and O–H groups in total. The van der Waals surface area contributed by atoms with Gasteiger partial charge in [0.05, 0.1) is 17.9 Å². The van der Waals surface area contributed by atoms with Crippen molar-refractivity contribution in [2.45, 2.75) is 59.7 Å². The average molecular weight is 288 g/mol. The molecule has 0 fully saturated rings. The van der Waals surface area contributed by atoms with Crippen molar-refractivity contribution < 1.29 is 0 Å². The van der Waals surface area contributed by atoms with E-state index in [0.717, 1.165) is 25.3 Å². The molecule has 0 aliphatic heterocycles. The van der Waals surface area contributed by atoms with E-state index in [4.69, 9.17) is 0 Å². The zero-order valence-corrected chi connectivity index (χ0v) is 13.8. The first kappa shape index (κ1) is 15.8. The van der Waals surface area contributed by atoms with E-state index in [-0.39, 0.29) is 0 Å². The molecule has 0 saturated carbocycles. The Bertz CT molecular complexity index is 547. The van der Waals surface area contributed by atoms with E-state index in [9.17, 15) is 0 Å². The van der Waals surface area contributed by atoms with E-state index in [1.54, 1.807) is 0 Å². The predicted molar refractivity (Wildman–Crippen MR) is 87.5 cm³/mol. The second-order valence-corrected chi connectivity index (χ2v) is 5.61. The second-order valence-electron chi connectivity index (χ2n) is 5.61. The standard InChI is InChI=1S/C17H28N4/c1-5-8-17(18-6-2)15-9-10-20(12-15)13-16-11-14(4)19-21(16)7-3/h9-12,17-18H,5-8,13H2,1-4H3. The maximum atomic E-state index is 4.52. The molecule has 2 aromatic rings. The van der Waals surface area contributed by atoms with Crippen molar-refractivity contribution in [1.29, 1.82) is 0 Å². The highest BCUT2D eigenvalue weighted by Gasteiger charge is 2.11. The van der Waals surface area contributed by atoms with Crippen molar-refractivity contribution >= 4 is 0 Å². The summed E-state index contributed by atoms with van der Waals surface area (Å²) in [6.45, 7) is 11.4. The molecule has 0 aliphatic carbocycles. The van der Waals surface area contributed by atoms with Crippen molar-refractivity contribution in [3.05, 3.63) is 41.5 Å². The molecule has 4 nitrogen and oxygen atoms in total. The van der Waals surface area contributed by atoms with Gasteiger partial charge in [-0.1, -0.05) is 20.3 Å². The summed E-state index contributed by atoms with van der Waals surface area (Å²) < 4.78 is 4.35. The van der Waals surface area contributed by atoms with Gasteiger partial charge in [-0.25, -0.2) is 0 Å². The third kappa shape index (κ3) is 3.97. The van der Waals surface area contributed by atoms with Crippen LogP contribution in [0.1, 0.15) is 56.6 Å². The van der Waals surface area contributed by atoms with Gasteiger partial charge in [0.15, 0.2) is 0 Å². The molecule has 0 saturated heterocycles. The summed E-state index contributed by atoms with van der Waals surface area (Å²) in [5.41, 5.74) is 3.75. The molecule has 0 radical (unpaired) electrons. The topological polar surface area (TPSA) is 34.8 Å². The highest BCUT2D eigenvalue weighted by molar-refractivity contribution is 5.17. The molecule has 2 heterocycles. The first-order valence-corrected chi connectivity index (χ1v) is 8.10. The van der Waals surface area contributed by atoms with Crippen LogP contribution in [0.2, 0.25) is 0 Å². The Labute approximate surface area is 128 Å². The number of nitrogens with zero attached hydrogens (tertiary/aromatic N) is 3. The lowest BCUT2D eigenvalue weighted by Gasteiger charge is -2.15. The Morgan fingerprint density at radius 1 is 1.29 bits per heavy atom. The second kappa shape index (κ2) is 7.46. The van der Waals surface area contributed by atoms with Crippen molar-refractivity contribution in [2.24, 2.45) is 0 Å². The van der Waals surface area contributed by atoms with Crippen LogP contribution in [0, 0.1) is 6.92 Å². The zero-order chi connectivity index (χ0) is 15.2. The van der Waals surface area contributed by atoms with Crippen LogP contribution < -0.4 is 5.32 Å². The minimum absolute atomic E-state index is 0.471. The van der Waals surface area contributed by atoms with Crippen LogP contribution >= 0.6 is 0 Å². The SMILES string of the molecule is CCCC(NCC)c1ccn(Cc2cc(C)nn2CC)c1. The van der Waals surface area contributed by atoms with Crippen LogP contribution in [0.4, 0.5) is 0 Å². The molecule has 0 aliphatic rings. The third-order valence-corrected chi connectivity index (χ3v) is 3.83. The van der Waals surface area contributed by atoms with Crippen LogP contribution in [-0.4, -0.2) is 20.9 Å². The third-order valence-electron chi connectivity index (χ3n) is 3.83. The summed E-state index contributed by atoms with van der Waals surface area (Å²) in [4.78, 5) is 0. The Hall–Kier alpha value is -1.55. The highest BCUT2D eigenvalue weighted by atomic mass is 15.3. The zero-order valence-electron chi connectivity index (χ0n) is 13.8. The van der Waals surface area contributed by atoms with Crippen molar-refractivity contribution in [2.75, 3.05) is 6.54 Å². The highest BCUT2D eigenvalue weighted by Crippen LogP contribution is 2.19. The van der Waals surface area contributed by atoms with E-state index < -0.39 is 0 Å². The van der Waals surface area contributed by atoms with Crippen molar-refractivity contribution in [3.8, 4) is 0 Å². The van der Waals surface area contributed by atoms with Gasteiger partial charge in [0.1, 0.15) is 0 Å². The summed E-state index contributed by atoms with van der Waals surface area (Å²) >= 11 is 0. The minimum Gasteiger partial charge on any atom is -0.348 e. The molecule has 4 heteroatoms. The van der Waals surface area contributed by atoms with Gasteiger partial charge in [-0.2, -0.15) is 5.10 Å². The molecule has 1 atom stereocenters. The fourth-order valence-electron chi connectivity index (χ4n) is 2.87. The molecular weight excluding hydrogens is 260 g/mol. The predicted octanol–water partition coefficient (Wildman–Crippen LogP) is 3.51. The van der Waals surface area contributed by atoms with Gasteiger partial charge in [-0.3, -0.25) is 4.68 Å². The monoisotopic (exact) mass is 288 g/mol. The quantitative estimate of drug-likeness (QED) is 0.806. The molecule has 1 unspecified atom stereocenters. The van der Waals surface area contributed by atoms with Gasteiger partial charge in [-0.05, 0) is 44.5 Å². The van der Waals surface area contributed by atoms with Gasteiger partial charge >= 0.3 is 0 Å². The molecule has 116 valence electrons. The van der Waals surface area contributed by atoms with Crippen molar-refractivity contribution in [1.82, 2.24) is 19.7 Å². The van der Waals surface area contributed by atoms with E-state index in [1.165, 1.54) is 24.1 Å². The van der Waals surface area contributed by atoms with Crippen LogP contribution in [-0.2, 0) is 13.1 Å². The maximum Gasteiger partial charge on any atom is 0.0639 e. The molecule has 21 heavy (non-hydrogen) atoms. The number of hydrogen-bond donors (Lipinski definition) is 1. The molecule has 0 bridgehead atoms. The molecule has 0 aromatic carbocycles. The largest absolute Gasteiger partial charge is 0.348 e. The summed E-state index contributed by atoms with van der Waals surface area (Å²) in [6.07, 6.45) is 6.83. The maximum absolute atomic E-state index is 4.52. The van der Waals surface area contributed by atoms with Crippen LogP contribution in [0.3, 0.4) is 0 Å². The van der Waals surface area contributed by atoms with E-state index in [2.05, 4.69) is 71.9 Å². The van der Waals surface area contributed by atoms with E-state index in [1.807, 2.05) is 0 Å². The molecule has 2 rings (SSSR count). The lowest BCUT2D eigenvalue weighted by molar-refractivity contribution is 0.508. The Morgan fingerprint density at radius 2 is 2.10 bits per heavy atom. The van der Waals surface area contributed by atoms with Gasteiger partial charge < -0.3 is 9.88 Å². The summed E-state index contributed by atoms with van der Waals surface area (Å²) in [5, 5.41) is 8.09. The van der Waals surface area contributed by atoms with Gasteiger partial charge in [0.2, 0.25) is 0 Å². The minimum atomic E-state index is 0.471. The fourth-order valence-corrected chi connectivity index (χ4v) is 2.87. The summed E-state index contributed by atoms with van der Waals surface area (Å²) in [6, 6.07) is 4.89. The number of nitrogens with one attached hydrogen (secondary N) is 1. The first-order chi connectivity index (χ1) is 10.2. The lowest BCUT2D eigenvalue weighted by atomic mass is 10.1. The van der Waals surface area contributed by atoms with E-state index >= 15 is 0 Å². The van der Waals surface area contributed by atoms with Gasteiger partial charge in [0.25, 0.3) is 0 Å².